The number of fused-ring (bicyclic) bond motifs is 1. The monoisotopic (exact) mass is 430 g/mol. The first-order chi connectivity index (χ1) is 14.2. The van der Waals surface area contributed by atoms with Crippen molar-refractivity contribution in [2.75, 3.05) is 6.61 Å². The van der Waals surface area contributed by atoms with Crippen LogP contribution in [0.3, 0.4) is 0 Å². The molecule has 30 heavy (non-hydrogen) atoms. The molecule has 0 aromatic heterocycles. The summed E-state index contributed by atoms with van der Waals surface area (Å²) >= 11 is 1.44. The van der Waals surface area contributed by atoms with E-state index >= 15 is 0 Å². The van der Waals surface area contributed by atoms with E-state index < -0.39 is 36.1 Å². The first kappa shape index (κ1) is 21.8. The molecule has 2 N–H and O–H groups in total. The van der Waals surface area contributed by atoms with Crippen LogP contribution < -0.4 is 0 Å². The molecular formula is C24H30O5S. The second kappa shape index (κ2) is 8.61. The third-order valence-corrected chi connectivity index (χ3v) is 7.02. The molecule has 2 fully saturated rings. The van der Waals surface area contributed by atoms with Crippen molar-refractivity contribution in [2.24, 2.45) is 0 Å². The Labute approximate surface area is 182 Å². The number of ether oxygens (including phenoxy) is 3. The highest BCUT2D eigenvalue weighted by Crippen LogP contribution is 2.40. The van der Waals surface area contributed by atoms with Crippen molar-refractivity contribution in [2.45, 2.75) is 74.1 Å². The fraction of sp³-hybridized carbons (Fsp3) is 0.500. The summed E-state index contributed by atoms with van der Waals surface area (Å²) in [5.41, 5.74) is 2.63. The van der Waals surface area contributed by atoms with Gasteiger partial charge in [0.1, 0.15) is 29.9 Å². The number of aliphatic hydroxyl groups excluding tert-OH is 2. The molecule has 2 aliphatic heterocycles. The van der Waals surface area contributed by atoms with Gasteiger partial charge in [-0.25, -0.2) is 0 Å². The van der Waals surface area contributed by atoms with Crippen LogP contribution in [0.4, 0.5) is 0 Å². The standard InChI is InChI=1S/C24H30O5S/c1-14-10-11-16(24(2,3)4)12-18(14)30-23-20(26)19(25)21-17(28-23)13-27-22(29-21)15-8-6-5-7-9-15/h5-12,17,19-23,25-26H,13H2,1-4H3/t17?,19?,20?,21-,22?,23+/m1/s1. The molecule has 0 aliphatic carbocycles. The lowest BCUT2D eigenvalue weighted by Crippen LogP contribution is -2.60. The summed E-state index contributed by atoms with van der Waals surface area (Å²) in [5.74, 6) is 0. The molecule has 4 rings (SSSR count). The van der Waals surface area contributed by atoms with Gasteiger partial charge in [0.15, 0.2) is 6.29 Å². The molecule has 2 heterocycles. The third kappa shape index (κ3) is 4.44. The van der Waals surface area contributed by atoms with Crippen LogP contribution in [-0.4, -0.2) is 46.7 Å². The van der Waals surface area contributed by atoms with E-state index in [1.165, 1.54) is 17.3 Å². The molecule has 2 saturated heterocycles. The van der Waals surface area contributed by atoms with Gasteiger partial charge in [0.25, 0.3) is 0 Å². The maximum absolute atomic E-state index is 10.8. The lowest BCUT2D eigenvalue weighted by Gasteiger charge is -2.46. The Kier molecular flexibility index (Phi) is 6.26. The van der Waals surface area contributed by atoms with Crippen LogP contribution in [0.25, 0.3) is 0 Å². The number of hydrogen-bond donors (Lipinski definition) is 2. The summed E-state index contributed by atoms with van der Waals surface area (Å²) in [6, 6.07) is 16.0. The van der Waals surface area contributed by atoms with E-state index in [9.17, 15) is 10.2 Å². The highest BCUT2D eigenvalue weighted by atomic mass is 32.2. The van der Waals surface area contributed by atoms with Gasteiger partial charge in [-0.3, -0.25) is 0 Å². The summed E-state index contributed by atoms with van der Waals surface area (Å²) in [4.78, 5) is 1.04. The van der Waals surface area contributed by atoms with E-state index in [0.29, 0.717) is 6.61 Å². The fourth-order valence-electron chi connectivity index (χ4n) is 3.77. The number of thioether (sulfide) groups is 1. The molecule has 0 saturated carbocycles. The van der Waals surface area contributed by atoms with E-state index in [2.05, 4.69) is 39.0 Å². The van der Waals surface area contributed by atoms with Crippen molar-refractivity contribution in [1.82, 2.24) is 0 Å². The van der Waals surface area contributed by atoms with Crippen LogP contribution >= 0.6 is 11.8 Å². The van der Waals surface area contributed by atoms with Gasteiger partial charge in [0.05, 0.1) is 6.61 Å². The zero-order valence-electron chi connectivity index (χ0n) is 17.8. The molecule has 2 aliphatic rings. The summed E-state index contributed by atoms with van der Waals surface area (Å²) in [6.45, 7) is 8.86. The van der Waals surface area contributed by atoms with Crippen LogP contribution in [-0.2, 0) is 19.6 Å². The van der Waals surface area contributed by atoms with Gasteiger partial charge in [0, 0.05) is 10.5 Å². The SMILES string of the molecule is Cc1ccc(C(C)(C)C)cc1S[C@@H]1OC2COC(c3ccccc3)O[C@H]2C(O)C1O. The van der Waals surface area contributed by atoms with Gasteiger partial charge in [-0.05, 0) is 29.5 Å². The van der Waals surface area contributed by atoms with E-state index in [4.69, 9.17) is 14.2 Å². The maximum atomic E-state index is 10.8. The number of rotatable bonds is 3. The Morgan fingerprint density at radius 1 is 0.967 bits per heavy atom. The second-order valence-electron chi connectivity index (χ2n) is 9.05. The van der Waals surface area contributed by atoms with Crippen molar-refractivity contribution < 1.29 is 24.4 Å². The Morgan fingerprint density at radius 2 is 1.70 bits per heavy atom. The van der Waals surface area contributed by atoms with Gasteiger partial charge in [0.2, 0.25) is 0 Å². The zero-order chi connectivity index (χ0) is 21.5. The predicted molar refractivity (Wildman–Crippen MR) is 116 cm³/mol. The molecule has 0 bridgehead atoms. The average Bonchev–Trinajstić information content (AvgIpc) is 2.73. The second-order valence-corrected chi connectivity index (χ2v) is 10.2. The molecule has 162 valence electrons. The molecule has 0 spiro atoms. The lowest BCUT2D eigenvalue weighted by atomic mass is 9.87. The highest BCUT2D eigenvalue weighted by molar-refractivity contribution is 7.99. The summed E-state index contributed by atoms with van der Waals surface area (Å²) in [7, 11) is 0. The molecular weight excluding hydrogens is 400 g/mol. The van der Waals surface area contributed by atoms with Crippen molar-refractivity contribution >= 4 is 11.8 Å². The topological polar surface area (TPSA) is 68.2 Å². The molecule has 4 unspecified atom stereocenters. The van der Waals surface area contributed by atoms with Gasteiger partial charge >= 0.3 is 0 Å². The van der Waals surface area contributed by atoms with Crippen LogP contribution in [0, 0.1) is 6.92 Å². The van der Waals surface area contributed by atoms with Gasteiger partial charge in [-0.15, -0.1) is 0 Å². The third-order valence-electron chi connectivity index (χ3n) is 5.70. The van der Waals surface area contributed by atoms with Crippen LogP contribution in [0.1, 0.15) is 43.8 Å². The minimum atomic E-state index is -1.07. The van der Waals surface area contributed by atoms with E-state index in [0.717, 1.165) is 16.0 Å². The van der Waals surface area contributed by atoms with Crippen LogP contribution in [0.15, 0.2) is 53.4 Å². The molecule has 6 heteroatoms. The minimum Gasteiger partial charge on any atom is -0.387 e. The number of aryl methyl sites for hydroxylation is 1. The molecule has 6 atom stereocenters. The molecule has 0 radical (unpaired) electrons. The number of hydrogen-bond acceptors (Lipinski definition) is 6. The molecule has 5 nitrogen and oxygen atoms in total. The van der Waals surface area contributed by atoms with Crippen molar-refractivity contribution in [3.05, 3.63) is 65.2 Å². The Balaban J connectivity index is 1.49. The Bertz CT molecular complexity index is 864. The number of aliphatic hydroxyl groups is 2. The minimum absolute atomic E-state index is 0.0250. The average molecular weight is 431 g/mol. The lowest BCUT2D eigenvalue weighted by molar-refractivity contribution is -0.318. The largest absolute Gasteiger partial charge is 0.387 e. The van der Waals surface area contributed by atoms with Crippen molar-refractivity contribution in [1.29, 1.82) is 0 Å². The van der Waals surface area contributed by atoms with E-state index in [1.807, 2.05) is 37.3 Å². The predicted octanol–water partition coefficient (Wildman–Crippen LogP) is 3.95. The van der Waals surface area contributed by atoms with Crippen molar-refractivity contribution in [3.8, 4) is 0 Å². The summed E-state index contributed by atoms with van der Waals surface area (Å²) < 4.78 is 18.0. The highest BCUT2D eigenvalue weighted by Gasteiger charge is 2.49. The zero-order valence-corrected chi connectivity index (χ0v) is 18.6. The first-order valence-electron chi connectivity index (χ1n) is 10.4. The summed E-state index contributed by atoms with van der Waals surface area (Å²) in [6.07, 6.45) is -3.77. The molecule has 2 aromatic rings. The van der Waals surface area contributed by atoms with Gasteiger partial charge < -0.3 is 24.4 Å². The van der Waals surface area contributed by atoms with Crippen molar-refractivity contribution in [3.63, 3.8) is 0 Å². The Morgan fingerprint density at radius 3 is 2.40 bits per heavy atom. The Hall–Kier alpha value is -1.41. The number of benzene rings is 2. The van der Waals surface area contributed by atoms with Gasteiger partial charge in [-0.1, -0.05) is 75.0 Å². The van der Waals surface area contributed by atoms with Crippen LogP contribution in [0.5, 0.6) is 0 Å². The smallest absolute Gasteiger partial charge is 0.184 e. The first-order valence-corrected chi connectivity index (χ1v) is 11.2. The van der Waals surface area contributed by atoms with E-state index in [1.54, 1.807) is 0 Å². The normalized spacial score (nSPS) is 31.9. The fourth-order valence-corrected chi connectivity index (χ4v) is 4.97. The summed E-state index contributed by atoms with van der Waals surface area (Å²) in [5, 5.41) is 21.6. The quantitative estimate of drug-likeness (QED) is 0.769. The van der Waals surface area contributed by atoms with Gasteiger partial charge in [-0.2, -0.15) is 0 Å². The van der Waals surface area contributed by atoms with Crippen LogP contribution in [0.2, 0.25) is 0 Å². The molecule has 2 aromatic carbocycles. The maximum Gasteiger partial charge on any atom is 0.184 e. The molecule has 0 amide bonds. The van der Waals surface area contributed by atoms with E-state index in [-0.39, 0.29) is 5.41 Å².